The van der Waals surface area contributed by atoms with Crippen LogP contribution in [-0.4, -0.2) is 26.0 Å². The number of halogens is 1. The second-order valence-electron chi connectivity index (χ2n) is 3.14. The second kappa shape index (κ2) is 7.12. The lowest BCUT2D eigenvalue weighted by Gasteiger charge is -2.06. The number of rotatable bonds is 6. The van der Waals surface area contributed by atoms with Gasteiger partial charge in [0, 0.05) is 17.8 Å². The Bertz CT molecular complexity index is 307. The molecule has 0 spiro atoms. The minimum absolute atomic E-state index is 0.659. The molecule has 4 heteroatoms. The van der Waals surface area contributed by atoms with Crippen LogP contribution in [0.3, 0.4) is 0 Å². The maximum atomic E-state index is 6.14. The normalized spacial score (nSPS) is 10.6. The van der Waals surface area contributed by atoms with E-state index in [0.717, 1.165) is 28.7 Å². The van der Waals surface area contributed by atoms with Crippen LogP contribution in [0, 0.1) is 0 Å². The molecule has 2 nitrogen and oxygen atoms in total. The van der Waals surface area contributed by atoms with E-state index in [1.54, 1.807) is 18.9 Å². The number of hydrogen-bond donors (Lipinski definition) is 1. The van der Waals surface area contributed by atoms with Crippen molar-refractivity contribution in [2.45, 2.75) is 11.3 Å². The molecule has 0 bridgehead atoms. The first-order chi connectivity index (χ1) is 7.27. The largest absolute Gasteiger partial charge is 0.384 e. The van der Waals surface area contributed by atoms with E-state index in [-0.39, 0.29) is 0 Å². The third-order valence-electron chi connectivity index (χ3n) is 1.97. The first-order valence-corrected chi connectivity index (χ1v) is 6.24. The van der Waals surface area contributed by atoms with Crippen LogP contribution in [0.25, 0.3) is 0 Å². The third-order valence-corrected chi connectivity index (χ3v) is 3.44. The number of benzene rings is 1. The molecule has 0 aromatic heterocycles. The summed E-state index contributed by atoms with van der Waals surface area (Å²) in [4.78, 5) is 1.11. The van der Waals surface area contributed by atoms with Gasteiger partial charge in [-0.2, -0.15) is 0 Å². The Hall–Kier alpha value is -0.220. The van der Waals surface area contributed by atoms with Crippen LogP contribution in [0.5, 0.6) is 0 Å². The smallest absolute Gasteiger partial charge is 0.0556 e. The molecule has 84 valence electrons. The molecule has 0 radical (unpaired) electrons. The minimum atomic E-state index is 0.659. The Morgan fingerprint density at radius 3 is 2.87 bits per heavy atom. The molecule has 15 heavy (non-hydrogen) atoms. The van der Waals surface area contributed by atoms with Gasteiger partial charge in [-0.05, 0) is 30.7 Å². The van der Waals surface area contributed by atoms with E-state index in [4.69, 9.17) is 22.1 Å². The van der Waals surface area contributed by atoms with E-state index < -0.39 is 0 Å². The summed E-state index contributed by atoms with van der Waals surface area (Å²) in [5.41, 5.74) is 6.68. The molecule has 0 saturated heterocycles. The van der Waals surface area contributed by atoms with Crippen molar-refractivity contribution in [1.82, 2.24) is 0 Å². The molecule has 1 aromatic carbocycles. The van der Waals surface area contributed by atoms with Crippen molar-refractivity contribution in [2.24, 2.45) is 5.73 Å². The van der Waals surface area contributed by atoms with Crippen LogP contribution in [0.2, 0.25) is 5.02 Å². The lowest BCUT2D eigenvalue weighted by molar-refractivity contribution is 0.218. The number of nitrogens with two attached hydrogens (primary N) is 1. The van der Waals surface area contributed by atoms with Crippen LogP contribution in [-0.2, 0) is 11.2 Å². The molecule has 0 fully saturated rings. The molecule has 1 aromatic rings. The molecule has 0 unspecified atom stereocenters. The van der Waals surface area contributed by atoms with Gasteiger partial charge in [0.2, 0.25) is 0 Å². The summed E-state index contributed by atoms with van der Waals surface area (Å²) in [6, 6.07) is 6.12. The fraction of sp³-hybridized carbons (Fsp3) is 0.455. The molecule has 0 heterocycles. The van der Waals surface area contributed by atoms with Gasteiger partial charge in [0.05, 0.1) is 11.6 Å². The van der Waals surface area contributed by atoms with Gasteiger partial charge in [0.1, 0.15) is 0 Å². The summed E-state index contributed by atoms with van der Waals surface area (Å²) >= 11 is 7.85. The van der Waals surface area contributed by atoms with Crippen molar-refractivity contribution in [1.29, 1.82) is 0 Å². The van der Waals surface area contributed by atoms with E-state index in [1.807, 2.05) is 12.1 Å². The Labute approximate surface area is 100 Å². The van der Waals surface area contributed by atoms with Crippen molar-refractivity contribution in [3.8, 4) is 0 Å². The Morgan fingerprint density at radius 1 is 1.47 bits per heavy atom. The standard InChI is InChI=1S/C11H16ClNOS/c1-14-6-7-15-11-3-2-9(4-5-13)8-10(11)12/h2-3,8H,4-7,13H2,1H3. The Morgan fingerprint density at radius 2 is 2.27 bits per heavy atom. The van der Waals surface area contributed by atoms with Crippen molar-refractivity contribution >= 4 is 23.4 Å². The van der Waals surface area contributed by atoms with Gasteiger partial charge < -0.3 is 10.5 Å². The minimum Gasteiger partial charge on any atom is -0.384 e. The Kier molecular flexibility index (Phi) is 6.10. The van der Waals surface area contributed by atoms with Crippen LogP contribution < -0.4 is 5.73 Å². The van der Waals surface area contributed by atoms with Crippen LogP contribution in [0.15, 0.2) is 23.1 Å². The molecule has 0 aliphatic carbocycles. The fourth-order valence-electron chi connectivity index (χ4n) is 1.22. The van der Waals surface area contributed by atoms with E-state index >= 15 is 0 Å². The van der Waals surface area contributed by atoms with Crippen molar-refractivity contribution in [3.63, 3.8) is 0 Å². The number of ether oxygens (including phenoxy) is 1. The first-order valence-electron chi connectivity index (χ1n) is 4.88. The zero-order valence-electron chi connectivity index (χ0n) is 8.83. The lowest BCUT2D eigenvalue weighted by Crippen LogP contribution is -2.02. The van der Waals surface area contributed by atoms with E-state index in [1.165, 1.54) is 5.56 Å². The quantitative estimate of drug-likeness (QED) is 0.618. The zero-order chi connectivity index (χ0) is 11.1. The maximum absolute atomic E-state index is 6.14. The van der Waals surface area contributed by atoms with E-state index in [2.05, 4.69) is 6.07 Å². The summed E-state index contributed by atoms with van der Waals surface area (Å²) in [7, 11) is 1.70. The monoisotopic (exact) mass is 245 g/mol. The van der Waals surface area contributed by atoms with Crippen LogP contribution in [0.4, 0.5) is 0 Å². The third kappa shape index (κ3) is 4.43. The van der Waals surface area contributed by atoms with Gasteiger partial charge in [0.25, 0.3) is 0 Å². The number of thioether (sulfide) groups is 1. The summed E-state index contributed by atoms with van der Waals surface area (Å²) in [6.07, 6.45) is 0.878. The van der Waals surface area contributed by atoms with Gasteiger partial charge in [-0.25, -0.2) is 0 Å². The summed E-state index contributed by atoms with van der Waals surface area (Å²) in [5.74, 6) is 0.923. The van der Waals surface area contributed by atoms with Gasteiger partial charge in [-0.1, -0.05) is 17.7 Å². The van der Waals surface area contributed by atoms with Crippen LogP contribution in [0.1, 0.15) is 5.56 Å². The van der Waals surface area contributed by atoms with E-state index in [0.29, 0.717) is 6.54 Å². The molecule has 0 amide bonds. The predicted molar refractivity (Wildman–Crippen MR) is 66.8 cm³/mol. The zero-order valence-corrected chi connectivity index (χ0v) is 10.4. The van der Waals surface area contributed by atoms with Crippen molar-refractivity contribution in [3.05, 3.63) is 28.8 Å². The van der Waals surface area contributed by atoms with Gasteiger partial charge in [-0.15, -0.1) is 11.8 Å². The average Bonchev–Trinajstić information content (AvgIpc) is 2.22. The highest BCUT2D eigenvalue weighted by Gasteiger charge is 2.02. The lowest BCUT2D eigenvalue weighted by atomic mass is 10.1. The highest BCUT2D eigenvalue weighted by atomic mass is 35.5. The second-order valence-corrected chi connectivity index (χ2v) is 4.69. The predicted octanol–water partition coefficient (Wildman–Crippen LogP) is 2.58. The van der Waals surface area contributed by atoms with Crippen molar-refractivity contribution in [2.75, 3.05) is 26.0 Å². The summed E-state index contributed by atoms with van der Waals surface area (Å²) < 4.78 is 4.99. The molecular weight excluding hydrogens is 230 g/mol. The van der Waals surface area contributed by atoms with Gasteiger partial charge in [-0.3, -0.25) is 0 Å². The Balaban J connectivity index is 2.58. The molecule has 0 saturated carbocycles. The maximum Gasteiger partial charge on any atom is 0.0556 e. The molecule has 0 atom stereocenters. The number of hydrogen-bond acceptors (Lipinski definition) is 3. The molecule has 2 N–H and O–H groups in total. The average molecular weight is 246 g/mol. The highest BCUT2D eigenvalue weighted by molar-refractivity contribution is 7.99. The highest BCUT2D eigenvalue weighted by Crippen LogP contribution is 2.27. The topological polar surface area (TPSA) is 35.2 Å². The molecule has 0 aliphatic rings. The molecule has 0 aliphatic heterocycles. The van der Waals surface area contributed by atoms with Crippen molar-refractivity contribution < 1.29 is 4.74 Å². The SMILES string of the molecule is COCCSc1ccc(CCN)cc1Cl. The summed E-state index contributed by atoms with van der Waals surface area (Å²) in [6.45, 7) is 1.40. The van der Waals surface area contributed by atoms with E-state index in [9.17, 15) is 0 Å². The number of methoxy groups -OCH3 is 1. The van der Waals surface area contributed by atoms with Gasteiger partial charge in [0.15, 0.2) is 0 Å². The van der Waals surface area contributed by atoms with Crippen LogP contribution >= 0.6 is 23.4 Å². The first kappa shape index (κ1) is 12.8. The molecular formula is C11H16ClNOS. The fourth-order valence-corrected chi connectivity index (χ4v) is 2.42. The van der Waals surface area contributed by atoms with Gasteiger partial charge >= 0.3 is 0 Å². The summed E-state index contributed by atoms with van der Waals surface area (Å²) in [5, 5.41) is 0.807. The molecule has 1 rings (SSSR count).